The zero-order valence-electron chi connectivity index (χ0n) is 17.7. The molecule has 0 atom stereocenters. The largest absolute Gasteiger partial charge is 0.480 e. The highest BCUT2D eigenvalue weighted by atomic mass is 16.5. The number of aliphatic carboxylic acids is 4. The normalized spacial score (nSPS) is 18.2. The van der Waals surface area contributed by atoms with Crippen LogP contribution in [0, 0.1) is 0 Å². The molecule has 14 heteroatoms. The van der Waals surface area contributed by atoms with Gasteiger partial charge in [-0.15, -0.1) is 0 Å². The summed E-state index contributed by atoms with van der Waals surface area (Å²) in [7, 11) is 0. The number of esters is 1. The summed E-state index contributed by atoms with van der Waals surface area (Å²) in [6.07, 6.45) is 0. The molecular formula is C18H30N4O10. The molecule has 0 aromatic carbocycles. The van der Waals surface area contributed by atoms with Gasteiger partial charge in [-0.25, -0.2) is 4.79 Å². The molecular weight excluding hydrogens is 432 g/mol. The first-order valence-electron chi connectivity index (χ1n) is 9.97. The zero-order valence-corrected chi connectivity index (χ0v) is 17.7. The van der Waals surface area contributed by atoms with Gasteiger partial charge in [0.2, 0.25) is 0 Å². The fraction of sp³-hybridized carbons (Fsp3) is 0.722. The molecule has 0 bridgehead atoms. The number of carboxylic acids is 4. The third-order valence-electron chi connectivity index (χ3n) is 4.72. The van der Waals surface area contributed by atoms with E-state index in [1.165, 1.54) is 0 Å². The standard InChI is InChI=1S/C18H30N4O10/c23-14(24)9-19-1-3-20(10-15(25)26)5-7-22(12-18(31)32-13-17(29)30)8-6-21(4-2-19)11-16(27)28/h1-13H2,(H,23,24)(H,25,26)(H,27,28)(H,29,30). The molecule has 1 aliphatic heterocycles. The Morgan fingerprint density at radius 2 is 0.781 bits per heavy atom. The van der Waals surface area contributed by atoms with Crippen molar-refractivity contribution in [2.45, 2.75) is 0 Å². The van der Waals surface area contributed by atoms with Crippen molar-refractivity contribution >= 4 is 29.8 Å². The fourth-order valence-corrected chi connectivity index (χ4v) is 3.16. The quantitative estimate of drug-likeness (QED) is 0.242. The predicted molar refractivity (Wildman–Crippen MR) is 107 cm³/mol. The molecule has 1 aliphatic rings. The van der Waals surface area contributed by atoms with Crippen molar-refractivity contribution in [3.63, 3.8) is 0 Å². The number of carboxylic acid groups (broad SMARTS) is 4. The van der Waals surface area contributed by atoms with E-state index in [-0.39, 0.29) is 78.5 Å². The van der Waals surface area contributed by atoms with Crippen molar-refractivity contribution in [2.24, 2.45) is 0 Å². The van der Waals surface area contributed by atoms with Crippen LogP contribution in [-0.4, -0.2) is 155 Å². The Morgan fingerprint density at radius 3 is 1.03 bits per heavy atom. The van der Waals surface area contributed by atoms with Gasteiger partial charge in [-0.1, -0.05) is 0 Å². The Balaban J connectivity index is 2.92. The first-order chi connectivity index (χ1) is 15.0. The number of carbonyl (C=O) groups is 5. The van der Waals surface area contributed by atoms with Crippen molar-refractivity contribution < 1.29 is 49.1 Å². The molecule has 1 rings (SSSR count). The van der Waals surface area contributed by atoms with Gasteiger partial charge in [0, 0.05) is 52.4 Å². The number of carbonyl (C=O) groups excluding carboxylic acids is 1. The molecule has 0 saturated carbocycles. The lowest BCUT2D eigenvalue weighted by Gasteiger charge is -2.32. The van der Waals surface area contributed by atoms with E-state index in [0.29, 0.717) is 0 Å². The average molecular weight is 462 g/mol. The van der Waals surface area contributed by atoms with Gasteiger partial charge in [-0.3, -0.25) is 38.8 Å². The molecule has 0 aromatic heterocycles. The molecule has 1 fully saturated rings. The van der Waals surface area contributed by atoms with E-state index in [2.05, 4.69) is 4.74 Å². The Hall–Kier alpha value is -2.81. The van der Waals surface area contributed by atoms with Crippen molar-refractivity contribution in [2.75, 3.05) is 85.1 Å². The lowest BCUT2D eigenvalue weighted by atomic mass is 10.3. The van der Waals surface area contributed by atoms with Gasteiger partial charge >= 0.3 is 29.8 Å². The first-order valence-corrected chi connectivity index (χ1v) is 9.97. The minimum Gasteiger partial charge on any atom is -0.480 e. The Labute approximate surface area is 184 Å². The molecule has 1 saturated heterocycles. The van der Waals surface area contributed by atoms with Crippen LogP contribution in [0.4, 0.5) is 0 Å². The van der Waals surface area contributed by atoms with E-state index in [1.807, 2.05) is 0 Å². The number of hydrogen-bond donors (Lipinski definition) is 4. The van der Waals surface area contributed by atoms with E-state index in [4.69, 9.17) is 20.4 Å². The molecule has 14 nitrogen and oxygen atoms in total. The summed E-state index contributed by atoms with van der Waals surface area (Å²) in [5.41, 5.74) is 0. The Kier molecular flexibility index (Phi) is 12.2. The molecule has 0 unspecified atom stereocenters. The molecule has 0 spiro atoms. The van der Waals surface area contributed by atoms with Crippen LogP contribution in [0.25, 0.3) is 0 Å². The van der Waals surface area contributed by atoms with E-state index in [1.54, 1.807) is 19.6 Å². The Bertz CT molecular complexity index is 642. The molecule has 1 heterocycles. The van der Waals surface area contributed by atoms with Gasteiger partial charge in [0.25, 0.3) is 0 Å². The van der Waals surface area contributed by atoms with E-state index in [0.717, 1.165) is 0 Å². The number of rotatable bonds is 10. The predicted octanol–water partition coefficient (Wildman–Crippen LogP) is -2.91. The van der Waals surface area contributed by atoms with Gasteiger partial charge in [-0.2, -0.15) is 0 Å². The van der Waals surface area contributed by atoms with E-state index < -0.39 is 36.5 Å². The van der Waals surface area contributed by atoms with Crippen LogP contribution in [-0.2, 0) is 28.7 Å². The number of ether oxygens (including phenoxy) is 1. The zero-order chi connectivity index (χ0) is 24.1. The molecule has 0 aromatic rings. The summed E-state index contributed by atoms with van der Waals surface area (Å²) < 4.78 is 4.65. The minimum absolute atomic E-state index is 0.236. The fourth-order valence-electron chi connectivity index (χ4n) is 3.16. The van der Waals surface area contributed by atoms with Crippen LogP contribution in [0.1, 0.15) is 0 Å². The van der Waals surface area contributed by atoms with E-state index >= 15 is 0 Å². The maximum absolute atomic E-state index is 11.9. The molecule has 4 N–H and O–H groups in total. The van der Waals surface area contributed by atoms with E-state index in [9.17, 15) is 24.0 Å². The highest BCUT2D eigenvalue weighted by Gasteiger charge is 2.21. The first kappa shape index (κ1) is 27.2. The highest BCUT2D eigenvalue weighted by molar-refractivity contribution is 5.76. The topological polar surface area (TPSA) is 188 Å². The average Bonchev–Trinajstić information content (AvgIpc) is 2.67. The van der Waals surface area contributed by atoms with Crippen LogP contribution in [0.2, 0.25) is 0 Å². The van der Waals surface area contributed by atoms with Crippen LogP contribution < -0.4 is 0 Å². The van der Waals surface area contributed by atoms with Crippen molar-refractivity contribution in [3.8, 4) is 0 Å². The lowest BCUT2D eigenvalue weighted by molar-refractivity contribution is -0.156. The van der Waals surface area contributed by atoms with Crippen LogP contribution in [0.5, 0.6) is 0 Å². The summed E-state index contributed by atoms with van der Waals surface area (Å²) in [5.74, 6) is -5.21. The number of hydrogen-bond acceptors (Lipinski definition) is 10. The highest BCUT2D eigenvalue weighted by Crippen LogP contribution is 2.02. The van der Waals surface area contributed by atoms with Crippen LogP contribution >= 0.6 is 0 Å². The second-order valence-corrected chi connectivity index (χ2v) is 7.34. The molecule has 182 valence electrons. The summed E-state index contributed by atoms with van der Waals surface area (Å²) in [5, 5.41) is 36.1. The second-order valence-electron chi connectivity index (χ2n) is 7.34. The minimum atomic E-state index is -1.29. The van der Waals surface area contributed by atoms with Crippen LogP contribution in [0.3, 0.4) is 0 Å². The SMILES string of the molecule is O=C(O)COC(=O)CN1CCN(CC(=O)O)CCN(CC(=O)O)CCN(CC(=O)O)CC1. The Morgan fingerprint density at radius 1 is 0.500 bits per heavy atom. The lowest BCUT2D eigenvalue weighted by Crippen LogP contribution is -2.49. The second kappa shape index (κ2) is 14.3. The summed E-state index contributed by atoms with van der Waals surface area (Å²) >= 11 is 0. The maximum Gasteiger partial charge on any atom is 0.341 e. The maximum atomic E-state index is 11.9. The third kappa shape index (κ3) is 12.8. The van der Waals surface area contributed by atoms with Crippen molar-refractivity contribution in [3.05, 3.63) is 0 Å². The van der Waals surface area contributed by atoms with Gasteiger partial charge in [0.05, 0.1) is 26.2 Å². The summed E-state index contributed by atoms with van der Waals surface area (Å²) in [6, 6.07) is 0. The number of nitrogens with zero attached hydrogens (tertiary/aromatic N) is 4. The smallest absolute Gasteiger partial charge is 0.341 e. The molecule has 0 amide bonds. The molecule has 0 radical (unpaired) electrons. The van der Waals surface area contributed by atoms with Crippen LogP contribution in [0.15, 0.2) is 0 Å². The van der Waals surface area contributed by atoms with Crippen molar-refractivity contribution in [1.82, 2.24) is 19.6 Å². The van der Waals surface area contributed by atoms with Gasteiger partial charge in [-0.05, 0) is 0 Å². The molecule has 0 aliphatic carbocycles. The third-order valence-corrected chi connectivity index (χ3v) is 4.72. The summed E-state index contributed by atoms with van der Waals surface area (Å²) in [4.78, 5) is 62.6. The monoisotopic (exact) mass is 462 g/mol. The van der Waals surface area contributed by atoms with Gasteiger partial charge < -0.3 is 25.2 Å². The van der Waals surface area contributed by atoms with Gasteiger partial charge in [0.1, 0.15) is 0 Å². The van der Waals surface area contributed by atoms with Gasteiger partial charge in [0.15, 0.2) is 6.61 Å². The van der Waals surface area contributed by atoms with Crippen molar-refractivity contribution in [1.29, 1.82) is 0 Å². The molecule has 32 heavy (non-hydrogen) atoms. The summed E-state index contributed by atoms with van der Waals surface area (Å²) in [6.45, 7) is 0.216.